The van der Waals surface area contributed by atoms with E-state index in [-0.39, 0.29) is 17.2 Å². The van der Waals surface area contributed by atoms with Crippen molar-refractivity contribution in [1.29, 1.82) is 0 Å². The highest BCUT2D eigenvalue weighted by Gasteiger charge is 2.11. The first-order valence-corrected chi connectivity index (χ1v) is 8.52. The van der Waals surface area contributed by atoms with Crippen LogP contribution < -0.4 is 5.32 Å². The molecule has 4 aromatic rings. The van der Waals surface area contributed by atoms with Crippen LogP contribution in [0.5, 0.6) is 0 Å². The van der Waals surface area contributed by atoms with Gasteiger partial charge in [0.15, 0.2) is 5.65 Å². The molecule has 1 amide bonds. The summed E-state index contributed by atoms with van der Waals surface area (Å²) in [5, 5.41) is 17.9. The van der Waals surface area contributed by atoms with Crippen LogP contribution in [0.1, 0.15) is 15.9 Å². The Kier molecular flexibility index (Phi) is 4.51. The molecule has 8 heteroatoms. The summed E-state index contributed by atoms with van der Waals surface area (Å²) in [5.74, 6) is -0.369. The van der Waals surface area contributed by atoms with Crippen LogP contribution in [0.2, 0.25) is 0 Å². The number of nitrogens with zero attached hydrogens (tertiary/aromatic N) is 4. The van der Waals surface area contributed by atoms with E-state index in [1.165, 1.54) is 18.2 Å². The number of nitrogens with one attached hydrogen (secondary N) is 1. The first-order chi connectivity index (χ1) is 13.6. The van der Waals surface area contributed by atoms with E-state index in [4.69, 9.17) is 0 Å². The van der Waals surface area contributed by atoms with Crippen molar-refractivity contribution in [3.8, 4) is 11.3 Å². The summed E-state index contributed by atoms with van der Waals surface area (Å²) >= 11 is 0. The predicted molar refractivity (Wildman–Crippen MR) is 103 cm³/mol. The highest BCUT2D eigenvalue weighted by atomic mass is 16.6. The number of nitro benzene ring substituents is 1. The van der Waals surface area contributed by atoms with Crippen LogP contribution in [0.15, 0.2) is 73.1 Å². The van der Waals surface area contributed by atoms with Crippen LogP contribution in [0.4, 0.5) is 5.69 Å². The number of carbonyl (C=O) groups is 1. The van der Waals surface area contributed by atoms with E-state index in [2.05, 4.69) is 15.4 Å². The van der Waals surface area contributed by atoms with Crippen LogP contribution in [0.25, 0.3) is 16.9 Å². The summed E-state index contributed by atoms with van der Waals surface area (Å²) < 4.78 is 1.70. The molecule has 0 aliphatic rings. The number of imidazole rings is 1. The second-order valence-corrected chi connectivity index (χ2v) is 6.14. The summed E-state index contributed by atoms with van der Waals surface area (Å²) in [7, 11) is 0. The molecular weight excluding hydrogens is 358 g/mol. The van der Waals surface area contributed by atoms with E-state index in [0.717, 1.165) is 22.5 Å². The van der Waals surface area contributed by atoms with E-state index < -0.39 is 4.92 Å². The SMILES string of the molecule is O=C(NCc1cccc(-c2cn3ncccc3n2)c1)c1cccc([N+](=O)[O-])c1. The van der Waals surface area contributed by atoms with Gasteiger partial charge in [0.05, 0.1) is 16.8 Å². The number of non-ortho nitro benzene ring substituents is 1. The zero-order valence-electron chi connectivity index (χ0n) is 14.6. The molecule has 0 saturated heterocycles. The lowest BCUT2D eigenvalue weighted by molar-refractivity contribution is -0.384. The van der Waals surface area contributed by atoms with Gasteiger partial charge in [-0.05, 0) is 29.8 Å². The molecule has 0 atom stereocenters. The maximum absolute atomic E-state index is 12.3. The molecule has 0 saturated carbocycles. The van der Waals surface area contributed by atoms with E-state index in [1.807, 2.05) is 42.6 Å². The van der Waals surface area contributed by atoms with E-state index >= 15 is 0 Å². The first kappa shape index (κ1) is 17.3. The molecular formula is C20H15N5O3. The Morgan fingerprint density at radius 2 is 1.96 bits per heavy atom. The third-order valence-corrected chi connectivity index (χ3v) is 4.23. The number of nitro groups is 1. The van der Waals surface area contributed by atoms with Gasteiger partial charge in [0.1, 0.15) is 0 Å². The summed E-state index contributed by atoms with van der Waals surface area (Å²) in [6.45, 7) is 0.293. The molecule has 8 nitrogen and oxygen atoms in total. The fourth-order valence-electron chi connectivity index (χ4n) is 2.86. The first-order valence-electron chi connectivity index (χ1n) is 8.52. The van der Waals surface area contributed by atoms with Gasteiger partial charge >= 0.3 is 0 Å². The Hall–Kier alpha value is -4.07. The van der Waals surface area contributed by atoms with Crippen molar-refractivity contribution < 1.29 is 9.72 Å². The van der Waals surface area contributed by atoms with Crippen molar-refractivity contribution in [3.63, 3.8) is 0 Å². The van der Waals surface area contributed by atoms with Crippen molar-refractivity contribution in [2.75, 3.05) is 0 Å². The molecule has 2 aromatic heterocycles. The minimum Gasteiger partial charge on any atom is -0.348 e. The van der Waals surface area contributed by atoms with Crippen LogP contribution in [-0.2, 0) is 6.54 Å². The number of hydrogen-bond acceptors (Lipinski definition) is 5. The van der Waals surface area contributed by atoms with Crippen molar-refractivity contribution in [1.82, 2.24) is 19.9 Å². The van der Waals surface area contributed by atoms with Gasteiger partial charge in [-0.2, -0.15) is 5.10 Å². The van der Waals surface area contributed by atoms with E-state index in [0.29, 0.717) is 6.54 Å². The minimum atomic E-state index is -0.524. The summed E-state index contributed by atoms with van der Waals surface area (Å²) in [4.78, 5) is 27.2. The standard InChI is InChI=1S/C20H15N5O3/c26-20(16-6-2-7-17(11-16)25(27)28)21-12-14-4-1-5-15(10-14)18-13-24-19(23-18)8-3-9-22-24/h1-11,13H,12H2,(H,21,26). The average Bonchev–Trinajstić information content (AvgIpc) is 3.16. The van der Waals surface area contributed by atoms with Crippen molar-refractivity contribution >= 4 is 17.2 Å². The van der Waals surface area contributed by atoms with Crippen LogP contribution in [0, 0.1) is 10.1 Å². The van der Waals surface area contributed by atoms with Gasteiger partial charge in [-0.1, -0.05) is 24.3 Å². The van der Waals surface area contributed by atoms with Crippen molar-refractivity contribution in [3.05, 3.63) is 94.3 Å². The van der Waals surface area contributed by atoms with Gasteiger partial charge in [0.25, 0.3) is 11.6 Å². The smallest absolute Gasteiger partial charge is 0.270 e. The summed E-state index contributed by atoms with van der Waals surface area (Å²) in [6, 6.07) is 17.0. The number of benzene rings is 2. The molecule has 0 fully saturated rings. The zero-order valence-corrected chi connectivity index (χ0v) is 14.6. The van der Waals surface area contributed by atoms with Gasteiger partial charge in [0, 0.05) is 36.0 Å². The molecule has 0 spiro atoms. The zero-order chi connectivity index (χ0) is 19.5. The predicted octanol–water partition coefficient (Wildman–Crippen LogP) is 3.23. The highest BCUT2D eigenvalue weighted by Crippen LogP contribution is 2.20. The fourth-order valence-corrected chi connectivity index (χ4v) is 2.86. The van der Waals surface area contributed by atoms with Gasteiger partial charge in [-0.3, -0.25) is 14.9 Å². The Labute approximate surface area is 159 Å². The quantitative estimate of drug-likeness (QED) is 0.427. The molecule has 4 rings (SSSR count). The van der Waals surface area contributed by atoms with Gasteiger partial charge in [-0.15, -0.1) is 0 Å². The second-order valence-electron chi connectivity index (χ2n) is 6.14. The molecule has 0 unspecified atom stereocenters. The van der Waals surface area contributed by atoms with Gasteiger partial charge < -0.3 is 5.32 Å². The minimum absolute atomic E-state index is 0.116. The number of rotatable bonds is 5. The third-order valence-electron chi connectivity index (χ3n) is 4.23. The molecule has 2 aromatic carbocycles. The number of aromatic nitrogens is 3. The summed E-state index contributed by atoms with van der Waals surface area (Å²) in [6.07, 6.45) is 3.54. The number of fused-ring (bicyclic) bond motifs is 1. The lowest BCUT2D eigenvalue weighted by atomic mass is 10.1. The normalized spacial score (nSPS) is 10.7. The lowest BCUT2D eigenvalue weighted by Crippen LogP contribution is -2.22. The molecule has 28 heavy (non-hydrogen) atoms. The molecule has 1 N–H and O–H groups in total. The number of amides is 1. The largest absolute Gasteiger partial charge is 0.348 e. The van der Waals surface area contributed by atoms with Gasteiger partial charge in [-0.25, -0.2) is 9.50 Å². The highest BCUT2D eigenvalue weighted by molar-refractivity contribution is 5.94. The lowest BCUT2D eigenvalue weighted by Gasteiger charge is -2.07. The maximum Gasteiger partial charge on any atom is 0.270 e. The molecule has 0 bridgehead atoms. The maximum atomic E-state index is 12.3. The Bertz CT molecular complexity index is 1150. The molecule has 0 aliphatic heterocycles. The second kappa shape index (κ2) is 7.28. The molecule has 138 valence electrons. The van der Waals surface area contributed by atoms with Crippen LogP contribution in [-0.4, -0.2) is 25.4 Å². The monoisotopic (exact) mass is 373 g/mol. The fraction of sp³-hybridized carbons (Fsp3) is 0.0500. The molecule has 2 heterocycles. The third kappa shape index (κ3) is 3.56. The Morgan fingerprint density at radius 3 is 2.79 bits per heavy atom. The van der Waals surface area contributed by atoms with Gasteiger partial charge in [0.2, 0.25) is 0 Å². The van der Waals surface area contributed by atoms with Crippen molar-refractivity contribution in [2.45, 2.75) is 6.54 Å². The number of carbonyl (C=O) groups excluding carboxylic acids is 1. The Balaban J connectivity index is 1.50. The number of hydrogen-bond donors (Lipinski definition) is 1. The Morgan fingerprint density at radius 1 is 1.11 bits per heavy atom. The molecule has 0 radical (unpaired) electrons. The van der Waals surface area contributed by atoms with E-state index in [9.17, 15) is 14.9 Å². The topological polar surface area (TPSA) is 102 Å². The van der Waals surface area contributed by atoms with E-state index in [1.54, 1.807) is 16.8 Å². The molecule has 0 aliphatic carbocycles. The van der Waals surface area contributed by atoms with Crippen LogP contribution in [0.3, 0.4) is 0 Å². The van der Waals surface area contributed by atoms with Crippen molar-refractivity contribution in [2.24, 2.45) is 0 Å². The average molecular weight is 373 g/mol. The summed E-state index contributed by atoms with van der Waals surface area (Å²) in [5.41, 5.74) is 3.47. The van der Waals surface area contributed by atoms with Crippen LogP contribution >= 0.6 is 0 Å².